The lowest BCUT2D eigenvalue weighted by molar-refractivity contribution is 0.0910. The van der Waals surface area contributed by atoms with Crippen LogP contribution in [0.3, 0.4) is 0 Å². The Morgan fingerprint density at radius 1 is 1.12 bits per heavy atom. The van der Waals surface area contributed by atoms with E-state index in [2.05, 4.69) is 0 Å². The van der Waals surface area contributed by atoms with Crippen LogP contribution in [0.15, 0.2) is 4.42 Å². The molecule has 1 N–H and O–H groups in total. The van der Waals surface area contributed by atoms with Crippen LogP contribution in [-0.2, 0) is 19.3 Å². The smallest absolute Gasteiger partial charge is 0.167 e. The van der Waals surface area contributed by atoms with Gasteiger partial charge < -0.3 is 9.52 Å². The van der Waals surface area contributed by atoms with Crippen LogP contribution in [0.1, 0.15) is 53.1 Å². The number of fused-ring (bicyclic) bond motifs is 3. The molecule has 0 radical (unpaired) electrons. The summed E-state index contributed by atoms with van der Waals surface area (Å²) in [4.78, 5) is 12.1. The molecule has 92 valence electrons. The summed E-state index contributed by atoms with van der Waals surface area (Å²) >= 11 is 0. The Labute approximate surface area is 101 Å². The molecule has 0 saturated heterocycles. The molecule has 17 heavy (non-hydrogen) atoms. The number of aliphatic hydroxyl groups is 1. The Morgan fingerprint density at radius 3 is 2.76 bits per heavy atom. The Balaban J connectivity index is 2.02. The summed E-state index contributed by atoms with van der Waals surface area (Å²) in [5.74, 6) is 2.12. The molecule has 3 heteroatoms. The maximum Gasteiger partial charge on any atom is 0.167 e. The molecule has 0 bridgehead atoms. The van der Waals surface area contributed by atoms with Crippen molar-refractivity contribution >= 4 is 5.78 Å². The van der Waals surface area contributed by atoms with Crippen molar-refractivity contribution in [2.24, 2.45) is 5.92 Å². The number of Topliss-reactive ketones (excluding diaryl/α,β-unsaturated/α-hetero) is 1. The van der Waals surface area contributed by atoms with Gasteiger partial charge in [-0.25, -0.2) is 0 Å². The van der Waals surface area contributed by atoms with Gasteiger partial charge in [0.05, 0.1) is 5.56 Å². The number of furan rings is 1. The molecular weight excluding hydrogens is 216 g/mol. The van der Waals surface area contributed by atoms with E-state index < -0.39 is 0 Å². The minimum atomic E-state index is 0.0600. The van der Waals surface area contributed by atoms with Crippen molar-refractivity contribution in [3.05, 3.63) is 22.6 Å². The predicted molar refractivity (Wildman–Crippen MR) is 63.2 cm³/mol. The van der Waals surface area contributed by atoms with Crippen LogP contribution >= 0.6 is 0 Å². The summed E-state index contributed by atoms with van der Waals surface area (Å²) in [5.41, 5.74) is 2.05. The molecule has 0 spiro atoms. The van der Waals surface area contributed by atoms with Crippen LogP contribution in [0.25, 0.3) is 0 Å². The Kier molecular flexibility index (Phi) is 2.79. The second-order valence-electron chi connectivity index (χ2n) is 5.24. The van der Waals surface area contributed by atoms with Gasteiger partial charge in [-0.05, 0) is 25.2 Å². The number of aliphatic hydroxyl groups excluding tert-OH is 1. The van der Waals surface area contributed by atoms with Gasteiger partial charge in [-0.1, -0.05) is 6.42 Å². The summed E-state index contributed by atoms with van der Waals surface area (Å²) in [5, 5.41) is 9.19. The predicted octanol–water partition coefficient (Wildman–Crippen LogP) is 2.29. The highest BCUT2D eigenvalue weighted by Crippen LogP contribution is 2.35. The average Bonchev–Trinajstić information content (AvgIpc) is 2.52. The number of carbonyl (C=O) groups is 1. The van der Waals surface area contributed by atoms with Gasteiger partial charge >= 0.3 is 0 Å². The maximum absolute atomic E-state index is 12.1. The highest BCUT2D eigenvalue weighted by Gasteiger charge is 2.32. The molecule has 1 aromatic rings. The van der Waals surface area contributed by atoms with Crippen molar-refractivity contribution in [1.82, 2.24) is 0 Å². The third-order valence-electron chi connectivity index (χ3n) is 3.98. The Morgan fingerprint density at radius 2 is 1.94 bits per heavy atom. The number of hydrogen-bond acceptors (Lipinski definition) is 3. The van der Waals surface area contributed by atoms with Crippen LogP contribution in [0.5, 0.6) is 0 Å². The van der Waals surface area contributed by atoms with Gasteiger partial charge in [0, 0.05) is 31.4 Å². The summed E-state index contributed by atoms with van der Waals surface area (Å²) in [6.07, 6.45) is 6.72. The molecule has 0 amide bonds. The molecule has 0 fully saturated rings. The van der Waals surface area contributed by atoms with Gasteiger partial charge in [-0.3, -0.25) is 4.79 Å². The molecule has 1 atom stereocenters. The first kappa shape index (κ1) is 11.0. The highest BCUT2D eigenvalue weighted by atomic mass is 16.3. The molecule has 3 nitrogen and oxygen atoms in total. The van der Waals surface area contributed by atoms with Crippen molar-refractivity contribution < 1.29 is 14.3 Å². The van der Waals surface area contributed by atoms with Crippen LogP contribution in [0.2, 0.25) is 0 Å². The molecule has 2 aliphatic rings. The molecule has 3 rings (SSSR count). The lowest BCUT2D eigenvalue weighted by atomic mass is 9.85. The Hall–Kier alpha value is -1.09. The van der Waals surface area contributed by atoms with Crippen molar-refractivity contribution in [3.8, 4) is 0 Å². The van der Waals surface area contributed by atoms with Crippen molar-refractivity contribution in [1.29, 1.82) is 0 Å². The fraction of sp³-hybridized carbons (Fsp3) is 0.643. The molecule has 0 saturated carbocycles. The van der Waals surface area contributed by atoms with Crippen molar-refractivity contribution in [3.63, 3.8) is 0 Å². The van der Waals surface area contributed by atoms with Crippen LogP contribution in [-0.4, -0.2) is 17.5 Å². The maximum atomic E-state index is 12.1. The first-order chi connectivity index (χ1) is 8.29. The largest absolute Gasteiger partial charge is 0.465 e. The molecule has 0 aromatic carbocycles. The summed E-state index contributed by atoms with van der Waals surface area (Å²) in [6.45, 7) is 0.0799. The third-order valence-corrected chi connectivity index (χ3v) is 3.98. The minimum absolute atomic E-state index is 0.0600. The molecular formula is C14H18O3. The highest BCUT2D eigenvalue weighted by molar-refractivity contribution is 5.99. The summed E-state index contributed by atoms with van der Waals surface area (Å²) in [6, 6.07) is 0. The summed E-state index contributed by atoms with van der Waals surface area (Å²) < 4.78 is 5.88. The summed E-state index contributed by atoms with van der Waals surface area (Å²) in [7, 11) is 0. The zero-order valence-electron chi connectivity index (χ0n) is 10.00. The second-order valence-corrected chi connectivity index (χ2v) is 5.24. The third kappa shape index (κ3) is 1.82. The normalized spacial score (nSPS) is 24.1. The van der Waals surface area contributed by atoms with E-state index in [0.717, 1.165) is 49.2 Å². The quantitative estimate of drug-likeness (QED) is 0.758. The van der Waals surface area contributed by atoms with E-state index in [1.165, 1.54) is 12.0 Å². The molecule has 1 aromatic heterocycles. The van der Waals surface area contributed by atoms with Crippen molar-refractivity contribution in [2.75, 3.05) is 6.61 Å². The van der Waals surface area contributed by atoms with Gasteiger partial charge in [0.1, 0.15) is 11.5 Å². The van der Waals surface area contributed by atoms with Gasteiger partial charge in [0.2, 0.25) is 0 Å². The lowest BCUT2D eigenvalue weighted by Crippen LogP contribution is -2.22. The fourth-order valence-electron chi connectivity index (χ4n) is 3.09. The van der Waals surface area contributed by atoms with Crippen LogP contribution in [0, 0.1) is 5.92 Å². The van der Waals surface area contributed by atoms with Gasteiger partial charge in [-0.2, -0.15) is 0 Å². The van der Waals surface area contributed by atoms with Gasteiger partial charge in [0.25, 0.3) is 0 Å². The molecule has 1 unspecified atom stereocenters. The second kappa shape index (κ2) is 4.30. The fourth-order valence-corrected chi connectivity index (χ4v) is 3.09. The number of hydrogen-bond donors (Lipinski definition) is 1. The van der Waals surface area contributed by atoms with Crippen molar-refractivity contribution in [2.45, 2.75) is 44.9 Å². The van der Waals surface area contributed by atoms with E-state index in [-0.39, 0.29) is 18.3 Å². The zero-order chi connectivity index (χ0) is 11.8. The standard InChI is InChI=1S/C14H18O3/c15-8-9-6-11(16)14-10-4-2-1-3-5-12(10)17-13(14)7-9/h9,15H,1-8H2. The Bertz CT molecular complexity index is 445. The number of aryl methyl sites for hydroxylation is 1. The lowest BCUT2D eigenvalue weighted by Gasteiger charge is -2.18. The minimum Gasteiger partial charge on any atom is -0.465 e. The topological polar surface area (TPSA) is 50.4 Å². The SMILES string of the molecule is O=C1CC(CO)Cc2oc3c(c21)CCCCC3. The first-order valence-corrected chi connectivity index (χ1v) is 6.57. The number of carbonyl (C=O) groups excluding carboxylic acids is 1. The molecule has 2 aliphatic carbocycles. The number of rotatable bonds is 1. The van der Waals surface area contributed by atoms with Crippen LogP contribution < -0.4 is 0 Å². The van der Waals surface area contributed by atoms with E-state index in [1.807, 2.05) is 0 Å². The van der Waals surface area contributed by atoms with E-state index in [9.17, 15) is 9.90 Å². The first-order valence-electron chi connectivity index (χ1n) is 6.57. The monoisotopic (exact) mass is 234 g/mol. The van der Waals surface area contributed by atoms with Gasteiger partial charge in [0.15, 0.2) is 5.78 Å². The molecule has 0 aliphatic heterocycles. The van der Waals surface area contributed by atoms with E-state index in [0.29, 0.717) is 6.42 Å². The number of ketones is 1. The average molecular weight is 234 g/mol. The van der Waals surface area contributed by atoms with Gasteiger partial charge in [-0.15, -0.1) is 0 Å². The van der Waals surface area contributed by atoms with E-state index >= 15 is 0 Å². The van der Waals surface area contributed by atoms with E-state index in [1.54, 1.807) is 0 Å². The van der Waals surface area contributed by atoms with E-state index in [4.69, 9.17) is 4.42 Å². The molecule has 1 heterocycles. The zero-order valence-corrected chi connectivity index (χ0v) is 10.00. The van der Waals surface area contributed by atoms with Crippen LogP contribution in [0.4, 0.5) is 0 Å².